The summed E-state index contributed by atoms with van der Waals surface area (Å²) in [5, 5.41) is 8.39. The Balaban J connectivity index is 3.68. The summed E-state index contributed by atoms with van der Waals surface area (Å²) < 4.78 is 5.08. The molecule has 0 aromatic carbocycles. The molecule has 0 aliphatic rings. The summed E-state index contributed by atoms with van der Waals surface area (Å²) in [5.74, 6) is -0.809. The van der Waals surface area contributed by atoms with E-state index in [-0.39, 0.29) is 18.6 Å². The standard InChI is InChI=1S/C8H17NO3/c1-3-7(12-2)6(9)4-5-8(10)11/h6-7H,3-5,9H2,1-2H3,(H,10,11). The molecule has 0 spiro atoms. The van der Waals surface area contributed by atoms with E-state index < -0.39 is 5.97 Å². The first-order valence-corrected chi connectivity index (χ1v) is 4.12. The van der Waals surface area contributed by atoms with E-state index >= 15 is 0 Å². The zero-order valence-corrected chi connectivity index (χ0v) is 7.62. The third-order valence-electron chi connectivity index (χ3n) is 1.87. The Hall–Kier alpha value is -0.610. The summed E-state index contributed by atoms with van der Waals surface area (Å²) in [4.78, 5) is 10.2. The van der Waals surface area contributed by atoms with Gasteiger partial charge in [-0.1, -0.05) is 6.92 Å². The van der Waals surface area contributed by atoms with Crippen LogP contribution in [0.15, 0.2) is 0 Å². The molecule has 0 rings (SSSR count). The molecule has 0 bridgehead atoms. The van der Waals surface area contributed by atoms with Crippen molar-refractivity contribution in [3.8, 4) is 0 Å². The quantitative estimate of drug-likeness (QED) is 0.620. The highest BCUT2D eigenvalue weighted by Gasteiger charge is 2.15. The van der Waals surface area contributed by atoms with Gasteiger partial charge in [0.1, 0.15) is 0 Å². The smallest absolute Gasteiger partial charge is 0.303 e. The molecule has 72 valence electrons. The molecule has 4 nitrogen and oxygen atoms in total. The lowest BCUT2D eigenvalue weighted by atomic mass is 10.0. The number of hydrogen-bond acceptors (Lipinski definition) is 3. The molecule has 12 heavy (non-hydrogen) atoms. The molecular weight excluding hydrogens is 158 g/mol. The average molecular weight is 175 g/mol. The molecular formula is C8H17NO3. The second-order valence-corrected chi connectivity index (χ2v) is 2.78. The van der Waals surface area contributed by atoms with Gasteiger partial charge in [-0.15, -0.1) is 0 Å². The van der Waals surface area contributed by atoms with Crippen LogP contribution in [0.4, 0.5) is 0 Å². The van der Waals surface area contributed by atoms with E-state index in [1.54, 1.807) is 7.11 Å². The van der Waals surface area contributed by atoms with Crippen LogP contribution in [0.2, 0.25) is 0 Å². The van der Waals surface area contributed by atoms with Gasteiger partial charge in [-0.3, -0.25) is 4.79 Å². The lowest BCUT2D eigenvalue weighted by molar-refractivity contribution is -0.137. The van der Waals surface area contributed by atoms with Gasteiger partial charge in [0.15, 0.2) is 0 Å². The van der Waals surface area contributed by atoms with Crippen LogP contribution in [-0.2, 0) is 9.53 Å². The van der Waals surface area contributed by atoms with Crippen molar-refractivity contribution >= 4 is 5.97 Å². The molecule has 2 unspecified atom stereocenters. The summed E-state index contributed by atoms with van der Waals surface area (Å²) in [6, 6.07) is -0.170. The van der Waals surface area contributed by atoms with Crippen molar-refractivity contribution in [1.29, 1.82) is 0 Å². The Labute approximate surface area is 72.7 Å². The maximum atomic E-state index is 10.2. The summed E-state index contributed by atoms with van der Waals surface area (Å²) in [7, 11) is 1.59. The van der Waals surface area contributed by atoms with Crippen LogP contribution in [0.1, 0.15) is 26.2 Å². The fourth-order valence-electron chi connectivity index (χ4n) is 1.12. The van der Waals surface area contributed by atoms with E-state index in [1.165, 1.54) is 0 Å². The summed E-state index contributed by atoms with van der Waals surface area (Å²) in [5.41, 5.74) is 5.70. The summed E-state index contributed by atoms with van der Waals surface area (Å²) in [6.07, 6.45) is 1.38. The fourth-order valence-corrected chi connectivity index (χ4v) is 1.12. The normalized spacial score (nSPS) is 15.6. The lowest BCUT2D eigenvalue weighted by Crippen LogP contribution is -2.36. The lowest BCUT2D eigenvalue weighted by Gasteiger charge is -2.20. The van der Waals surface area contributed by atoms with Crippen molar-refractivity contribution in [1.82, 2.24) is 0 Å². The van der Waals surface area contributed by atoms with E-state index in [0.29, 0.717) is 6.42 Å². The Morgan fingerprint density at radius 3 is 2.58 bits per heavy atom. The second kappa shape index (κ2) is 5.97. The molecule has 0 aliphatic heterocycles. The Morgan fingerprint density at radius 1 is 1.67 bits per heavy atom. The minimum atomic E-state index is -0.809. The first-order valence-electron chi connectivity index (χ1n) is 4.12. The van der Waals surface area contributed by atoms with E-state index in [0.717, 1.165) is 6.42 Å². The summed E-state index contributed by atoms with van der Waals surface area (Å²) >= 11 is 0. The highest BCUT2D eigenvalue weighted by molar-refractivity contribution is 5.66. The predicted octanol–water partition coefficient (Wildman–Crippen LogP) is 0.603. The van der Waals surface area contributed by atoms with Crippen molar-refractivity contribution < 1.29 is 14.6 Å². The van der Waals surface area contributed by atoms with Crippen molar-refractivity contribution in [2.24, 2.45) is 5.73 Å². The van der Waals surface area contributed by atoms with Gasteiger partial charge >= 0.3 is 5.97 Å². The Morgan fingerprint density at radius 2 is 2.25 bits per heavy atom. The minimum absolute atomic E-state index is 0.0238. The van der Waals surface area contributed by atoms with Crippen LogP contribution >= 0.6 is 0 Å². The third-order valence-corrected chi connectivity index (χ3v) is 1.87. The molecule has 0 aliphatic carbocycles. The van der Waals surface area contributed by atoms with Gasteiger partial charge in [0.05, 0.1) is 6.10 Å². The SMILES string of the molecule is CCC(OC)C(N)CCC(=O)O. The topological polar surface area (TPSA) is 72.5 Å². The third kappa shape index (κ3) is 4.31. The van der Waals surface area contributed by atoms with Crippen molar-refractivity contribution in [2.75, 3.05) is 7.11 Å². The van der Waals surface area contributed by atoms with E-state index in [4.69, 9.17) is 15.6 Å². The van der Waals surface area contributed by atoms with Crippen LogP contribution in [-0.4, -0.2) is 30.3 Å². The Kier molecular flexibility index (Phi) is 5.66. The van der Waals surface area contributed by atoms with Crippen molar-refractivity contribution in [3.63, 3.8) is 0 Å². The number of methoxy groups -OCH3 is 1. The van der Waals surface area contributed by atoms with Gasteiger partial charge in [-0.05, 0) is 12.8 Å². The highest BCUT2D eigenvalue weighted by atomic mass is 16.5. The number of carboxylic acid groups (broad SMARTS) is 1. The zero-order valence-electron chi connectivity index (χ0n) is 7.62. The van der Waals surface area contributed by atoms with Crippen LogP contribution < -0.4 is 5.73 Å². The van der Waals surface area contributed by atoms with E-state index in [9.17, 15) is 4.79 Å². The Bertz CT molecular complexity index is 134. The molecule has 0 amide bonds. The highest BCUT2D eigenvalue weighted by Crippen LogP contribution is 2.06. The molecule has 0 radical (unpaired) electrons. The summed E-state index contributed by atoms with van der Waals surface area (Å²) in [6.45, 7) is 1.97. The molecule has 2 atom stereocenters. The molecule has 0 aromatic heterocycles. The van der Waals surface area contributed by atoms with Crippen molar-refractivity contribution in [2.45, 2.75) is 38.3 Å². The molecule has 0 heterocycles. The first kappa shape index (κ1) is 11.4. The van der Waals surface area contributed by atoms with Crippen LogP contribution in [0.5, 0.6) is 0 Å². The number of ether oxygens (including phenoxy) is 1. The van der Waals surface area contributed by atoms with Crippen molar-refractivity contribution in [3.05, 3.63) is 0 Å². The number of carbonyl (C=O) groups is 1. The zero-order chi connectivity index (χ0) is 9.56. The number of hydrogen-bond donors (Lipinski definition) is 2. The molecule has 3 N–H and O–H groups in total. The van der Waals surface area contributed by atoms with Gasteiger partial charge < -0.3 is 15.6 Å². The van der Waals surface area contributed by atoms with Crippen LogP contribution in [0.3, 0.4) is 0 Å². The van der Waals surface area contributed by atoms with Gasteiger partial charge in [-0.25, -0.2) is 0 Å². The number of carboxylic acids is 1. The predicted molar refractivity (Wildman–Crippen MR) is 45.9 cm³/mol. The minimum Gasteiger partial charge on any atom is -0.481 e. The van der Waals surface area contributed by atoms with E-state index in [2.05, 4.69) is 0 Å². The fraction of sp³-hybridized carbons (Fsp3) is 0.875. The molecule has 0 fully saturated rings. The van der Waals surface area contributed by atoms with Gasteiger partial charge in [0.2, 0.25) is 0 Å². The van der Waals surface area contributed by atoms with Crippen LogP contribution in [0.25, 0.3) is 0 Å². The second-order valence-electron chi connectivity index (χ2n) is 2.78. The van der Waals surface area contributed by atoms with Crippen LogP contribution in [0, 0.1) is 0 Å². The molecule has 4 heteroatoms. The number of nitrogens with two attached hydrogens (primary N) is 1. The number of aliphatic carboxylic acids is 1. The maximum absolute atomic E-state index is 10.2. The first-order chi connectivity index (χ1) is 5.61. The molecule has 0 saturated carbocycles. The molecule has 0 aromatic rings. The maximum Gasteiger partial charge on any atom is 0.303 e. The van der Waals surface area contributed by atoms with Gasteiger partial charge in [0.25, 0.3) is 0 Å². The number of rotatable bonds is 6. The largest absolute Gasteiger partial charge is 0.481 e. The van der Waals surface area contributed by atoms with E-state index in [1.807, 2.05) is 6.92 Å². The van der Waals surface area contributed by atoms with Gasteiger partial charge in [-0.2, -0.15) is 0 Å². The molecule has 0 saturated heterocycles. The van der Waals surface area contributed by atoms with Gasteiger partial charge in [0, 0.05) is 19.6 Å². The monoisotopic (exact) mass is 175 g/mol. The average Bonchev–Trinajstić information content (AvgIpc) is 2.03.